The Morgan fingerprint density at radius 2 is 1.92 bits per heavy atom. The highest BCUT2D eigenvalue weighted by molar-refractivity contribution is 9.11. The molecule has 0 spiro atoms. The average Bonchev–Trinajstić information content (AvgIpc) is 2.19. The van der Waals surface area contributed by atoms with E-state index in [0.29, 0.717) is 5.92 Å². The van der Waals surface area contributed by atoms with Crippen LogP contribution >= 0.6 is 15.9 Å². The molecule has 0 amide bonds. The van der Waals surface area contributed by atoms with Crippen molar-refractivity contribution in [3.63, 3.8) is 0 Å². The fraction of sp³-hybridized carbons (Fsp3) is 0.167. The molecule has 1 aliphatic rings. The van der Waals surface area contributed by atoms with Gasteiger partial charge >= 0.3 is 0 Å². The van der Waals surface area contributed by atoms with Crippen molar-refractivity contribution in [2.45, 2.75) is 12.3 Å². The number of allylic oxidation sites excluding steroid dienone is 4. The van der Waals surface area contributed by atoms with Crippen molar-refractivity contribution >= 4 is 15.9 Å². The van der Waals surface area contributed by atoms with Crippen LogP contribution < -0.4 is 0 Å². The fourth-order valence-electron chi connectivity index (χ4n) is 1.57. The molecule has 0 bridgehead atoms. The molecule has 0 N–H and O–H groups in total. The highest BCUT2D eigenvalue weighted by Gasteiger charge is 2.10. The average molecular weight is 235 g/mol. The first-order chi connectivity index (χ1) is 6.36. The van der Waals surface area contributed by atoms with E-state index < -0.39 is 0 Å². The highest BCUT2D eigenvalue weighted by Crippen LogP contribution is 2.30. The van der Waals surface area contributed by atoms with Crippen molar-refractivity contribution in [1.29, 1.82) is 0 Å². The van der Waals surface area contributed by atoms with Crippen LogP contribution in [-0.2, 0) is 0 Å². The molecular formula is C12H11Br. The first kappa shape index (κ1) is 8.76. The highest BCUT2D eigenvalue weighted by atomic mass is 79.9. The number of halogens is 1. The number of hydrogen-bond donors (Lipinski definition) is 0. The van der Waals surface area contributed by atoms with Gasteiger partial charge in [0.2, 0.25) is 0 Å². The summed E-state index contributed by atoms with van der Waals surface area (Å²) in [6.07, 6.45) is 7.56. The predicted octanol–water partition coefficient (Wildman–Crippen LogP) is 4.01. The monoisotopic (exact) mass is 234 g/mol. The summed E-state index contributed by atoms with van der Waals surface area (Å²) >= 11 is 3.54. The molecule has 1 heteroatoms. The lowest BCUT2D eigenvalue weighted by atomic mass is 9.93. The van der Waals surface area contributed by atoms with E-state index in [4.69, 9.17) is 0 Å². The van der Waals surface area contributed by atoms with Gasteiger partial charge in [-0.25, -0.2) is 0 Å². The standard InChI is InChI=1S/C12H11Br/c13-12-8-4-7-11(9-12)10-5-2-1-3-6-10/h1-8,11H,9H2. The Morgan fingerprint density at radius 3 is 2.62 bits per heavy atom. The molecule has 66 valence electrons. The molecule has 0 aromatic heterocycles. The van der Waals surface area contributed by atoms with Gasteiger partial charge in [0.05, 0.1) is 0 Å². The zero-order valence-electron chi connectivity index (χ0n) is 7.28. The molecule has 0 nitrogen and oxygen atoms in total. The molecule has 0 fully saturated rings. The van der Waals surface area contributed by atoms with Gasteiger partial charge in [0.25, 0.3) is 0 Å². The summed E-state index contributed by atoms with van der Waals surface area (Å²) in [4.78, 5) is 0. The Bertz CT molecular complexity index is 335. The summed E-state index contributed by atoms with van der Waals surface area (Å²) < 4.78 is 1.28. The number of rotatable bonds is 1. The van der Waals surface area contributed by atoms with E-state index in [1.54, 1.807) is 0 Å². The molecule has 1 aliphatic carbocycles. The normalized spacial score (nSPS) is 21.3. The van der Waals surface area contributed by atoms with Crippen molar-refractivity contribution in [2.24, 2.45) is 0 Å². The summed E-state index contributed by atoms with van der Waals surface area (Å²) in [5, 5.41) is 0. The van der Waals surface area contributed by atoms with E-state index in [2.05, 4.69) is 64.5 Å². The third-order valence-corrected chi connectivity index (χ3v) is 2.85. The molecule has 0 aliphatic heterocycles. The van der Waals surface area contributed by atoms with E-state index >= 15 is 0 Å². The van der Waals surface area contributed by atoms with Crippen LogP contribution in [0.5, 0.6) is 0 Å². The van der Waals surface area contributed by atoms with Crippen molar-refractivity contribution in [1.82, 2.24) is 0 Å². The first-order valence-electron chi connectivity index (χ1n) is 4.44. The Morgan fingerprint density at radius 1 is 1.15 bits per heavy atom. The van der Waals surface area contributed by atoms with Crippen LogP contribution in [0.2, 0.25) is 0 Å². The maximum Gasteiger partial charge on any atom is 0.00666 e. The van der Waals surface area contributed by atoms with Gasteiger partial charge in [0.15, 0.2) is 0 Å². The van der Waals surface area contributed by atoms with Crippen LogP contribution in [0, 0.1) is 0 Å². The maximum atomic E-state index is 3.54. The lowest BCUT2D eigenvalue weighted by Crippen LogP contribution is -1.97. The molecule has 2 rings (SSSR count). The van der Waals surface area contributed by atoms with Crippen LogP contribution in [-0.4, -0.2) is 0 Å². The summed E-state index contributed by atoms with van der Waals surface area (Å²) in [6, 6.07) is 10.6. The molecule has 1 aromatic carbocycles. The molecule has 13 heavy (non-hydrogen) atoms. The van der Waals surface area contributed by atoms with Gasteiger partial charge in [-0.2, -0.15) is 0 Å². The molecule has 1 unspecified atom stereocenters. The van der Waals surface area contributed by atoms with E-state index in [0.717, 1.165) is 6.42 Å². The second kappa shape index (κ2) is 3.93. The van der Waals surface area contributed by atoms with Gasteiger partial charge in [-0.3, -0.25) is 0 Å². The summed E-state index contributed by atoms with van der Waals surface area (Å²) in [5.74, 6) is 0.542. The van der Waals surface area contributed by atoms with Gasteiger partial charge in [-0.05, 0) is 16.5 Å². The summed E-state index contributed by atoms with van der Waals surface area (Å²) in [7, 11) is 0. The lowest BCUT2D eigenvalue weighted by Gasteiger charge is -2.15. The Kier molecular flexibility index (Phi) is 2.65. The van der Waals surface area contributed by atoms with Crippen molar-refractivity contribution in [3.05, 3.63) is 58.6 Å². The van der Waals surface area contributed by atoms with Crippen LogP contribution in [0.15, 0.2) is 53.0 Å². The zero-order chi connectivity index (χ0) is 9.10. The number of benzene rings is 1. The van der Waals surface area contributed by atoms with Gasteiger partial charge in [0, 0.05) is 5.92 Å². The minimum absolute atomic E-state index is 0.542. The lowest BCUT2D eigenvalue weighted by molar-refractivity contribution is 0.847. The number of hydrogen-bond acceptors (Lipinski definition) is 0. The molecule has 0 radical (unpaired) electrons. The second-order valence-corrected chi connectivity index (χ2v) is 4.24. The van der Waals surface area contributed by atoms with E-state index in [-0.39, 0.29) is 0 Å². The molecular weight excluding hydrogens is 224 g/mol. The molecule has 0 saturated heterocycles. The molecule has 1 aromatic rings. The van der Waals surface area contributed by atoms with E-state index in [1.807, 2.05) is 0 Å². The Labute approximate surface area is 87.1 Å². The summed E-state index contributed by atoms with van der Waals surface area (Å²) in [5.41, 5.74) is 1.39. The minimum atomic E-state index is 0.542. The van der Waals surface area contributed by atoms with Gasteiger partial charge < -0.3 is 0 Å². The van der Waals surface area contributed by atoms with Crippen molar-refractivity contribution < 1.29 is 0 Å². The third-order valence-electron chi connectivity index (χ3n) is 2.26. The SMILES string of the molecule is BrC1=CC=CC(c2ccccc2)C1. The van der Waals surface area contributed by atoms with E-state index in [1.165, 1.54) is 10.0 Å². The van der Waals surface area contributed by atoms with Crippen LogP contribution in [0.25, 0.3) is 0 Å². The zero-order valence-corrected chi connectivity index (χ0v) is 8.87. The predicted molar refractivity (Wildman–Crippen MR) is 60.0 cm³/mol. The molecule has 1 atom stereocenters. The van der Waals surface area contributed by atoms with E-state index in [9.17, 15) is 0 Å². The minimum Gasteiger partial charge on any atom is -0.0766 e. The summed E-state index contributed by atoms with van der Waals surface area (Å²) in [6.45, 7) is 0. The quantitative estimate of drug-likeness (QED) is 0.689. The van der Waals surface area contributed by atoms with Crippen LogP contribution in [0.4, 0.5) is 0 Å². The van der Waals surface area contributed by atoms with Crippen LogP contribution in [0.1, 0.15) is 17.9 Å². The smallest absolute Gasteiger partial charge is 0.00666 e. The third kappa shape index (κ3) is 2.10. The molecule has 0 saturated carbocycles. The van der Waals surface area contributed by atoms with Crippen molar-refractivity contribution in [2.75, 3.05) is 0 Å². The van der Waals surface area contributed by atoms with Gasteiger partial charge in [-0.1, -0.05) is 64.5 Å². The topological polar surface area (TPSA) is 0 Å². The Balaban J connectivity index is 2.21. The van der Waals surface area contributed by atoms with Gasteiger partial charge in [0.1, 0.15) is 0 Å². The molecule has 0 heterocycles. The van der Waals surface area contributed by atoms with Gasteiger partial charge in [-0.15, -0.1) is 0 Å². The Hall–Kier alpha value is -0.820. The first-order valence-corrected chi connectivity index (χ1v) is 5.23. The second-order valence-electron chi connectivity index (χ2n) is 3.22. The van der Waals surface area contributed by atoms with Crippen LogP contribution in [0.3, 0.4) is 0 Å². The largest absolute Gasteiger partial charge is 0.0766 e. The van der Waals surface area contributed by atoms with Crippen molar-refractivity contribution in [3.8, 4) is 0 Å². The fourth-order valence-corrected chi connectivity index (χ4v) is 2.07. The maximum absolute atomic E-state index is 3.54.